The van der Waals surface area contributed by atoms with E-state index in [1.165, 1.54) is 51.4 Å². The summed E-state index contributed by atoms with van der Waals surface area (Å²) in [4.78, 5) is 11.8. The number of hydrogen-bond donors (Lipinski definition) is 1. The molecule has 0 aromatic carbocycles. The largest absolute Gasteiger partial charge is 0.369 e. The van der Waals surface area contributed by atoms with Crippen LogP contribution in [0, 0.1) is 40.4 Å². The van der Waals surface area contributed by atoms with Gasteiger partial charge in [0.2, 0.25) is 5.91 Å². The topological polar surface area (TPSA) is 43.1 Å². The van der Waals surface area contributed by atoms with Crippen molar-refractivity contribution in [3.05, 3.63) is 0 Å². The van der Waals surface area contributed by atoms with Gasteiger partial charge in [-0.15, -0.1) is 0 Å². The van der Waals surface area contributed by atoms with Gasteiger partial charge in [-0.05, 0) is 92.3 Å². The van der Waals surface area contributed by atoms with Gasteiger partial charge in [-0.25, -0.2) is 0 Å². The van der Waals surface area contributed by atoms with Gasteiger partial charge in [-0.2, -0.15) is 0 Å². The SMILES string of the molecule is C[C@@]12CCC[C@H]1[C@@H]1CCC3CCC(C(N)=O)C[C@]3(C)[C@@H]1CC2. The molecule has 0 bridgehead atoms. The highest BCUT2D eigenvalue weighted by Crippen LogP contribution is 2.66. The third-order valence-corrected chi connectivity index (χ3v) is 8.80. The zero-order valence-electron chi connectivity index (χ0n) is 14.4. The molecule has 4 aliphatic carbocycles. The summed E-state index contributed by atoms with van der Waals surface area (Å²) in [5.41, 5.74) is 6.72. The van der Waals surface area contributed by atoms with Crippen LogP contribution < -0.4 is 5.73 Å². The zero-order chi connectivity index (χ0) is 15.5. The second-order valence-electron chi connectivity index (χ2n) is 9.62. The molecule has 0 spiro atoms. The first-order chi connectivity index (χ1) is 10.4. The highest BCUT2D eigenvalue weighted by Gasteiger charge is 2.58. The fourth-order valence-electron chi connectivity index (χ4n) is 7.60. The predicted molar refractivity (Wildman–Crippen MR) is 89.0 cm³/mol. The first kappa shape index (κ1) is 15.0. The lowest BCUT2D eigenvalue weighted by Crippen LogP contribution is -2.53. The van der Waals surface area contributed by atoms with Gasteiger partial charge in [-0.1, -0.05) is 20.3 Å². The molecule has 4 aliphatic rings. The van der Waals surface area contributed by atoms with Crippen molar-refractivity contribution in [1.82, 2.24) is 0 Å². The highest BCUT2D eigenvalue weighted by molar-refractivity contribution is 5.76. The maximum atomic E-state index is 11.8. The second kappa shape index (κ2) is 4.98. The van der Waals surface area contributed by atoms with E-state index >= 15 is 0 Å². The molecule has 2 heteroatoms. The van der Waals surface area contributed by atoms with Crippen molar-refractivity contribution in [1.29, 1.82) is 0 Å². The smallest absolute Gasteiger partial charge is 0.220 e. The third kappa shape index (κ3) is 2.01. The third-order valence-electron chi connectivity index (χ3n) is 8.80. The number of fused-ring (bicyclic) bond motifs is 5. The molecule has 4 fully saturated rings. The van der Waals surface area contributed by atoms with E-state index in [-0.39, 0.29) is 11.8 Å². The van der Waals surface area contributed by atoms with Crippen LogP contribution in [0.1, 0.15) is 78.1 Å². The minimum Gasteiger partial charge on any atom is -0.369 e. The Kier molecular flexibility index (Phi) is 3.40. The van der Waals surface area contributed by atoms with E-state index in [4.69, 9.17) is 5.73 Å². The fourth-order valence-corrected chi connectivity index (χ4v) is 7.60. The summed E-state index contributed by atoms with van der Waals surface area (Å²) < 4.78 is 0. The zero-order valence-corrected chi connectivity index (χ0v) is 14.4. The Bertz CT molecular complexity index is 474. The molecular weight excluding hydrogens is 270 g/mol. The molecule has 0 saturated heterocycles. The lowest BCUT2D eigenvalue weighted by molar-refractivity contribution is -0.136. The molecule has 0 aromatic heterocycles. The lowest BCUT2D eigenvalue weighted by atomic mass is 9.44. The Labute approximate surface area is 135 Å². The number of hydrogen-bond acceptors (Lipinski definition) is 1. The van der Waals surface area contributed by atoms with Crippen LogP contribution in [0.2, 0.25) is 0 Å². The van der Waals surface area contributed by atoms with Gasteiger partial charge in [0.1, 0.15) is 0 Å². The van der Waals surface area contributed by atoms with E-state index in [1.807, 2.05) is 0 Å². The normalized spacial score (nSPS) is 54.2. The first-order valence-corrected chi connectivity index (χ1v) is 9.73. The molecule has 4 rings (SSSR count). The van der Waals surface area contributed by atoms with Gasteiger partial charge < -0.3 is 5.73 Å². The Morgan fingerprint density at radius 3 is 2.50 bits per heavy atom. The Balaban J connectivity index is 1.62. The van der Waals surface area contributed by atoms with Crippen molar-refractivity contribution in [2.45, 2.75) is 78.1 Å². The van der Waals surface area contributed by atoms with Crippen molar-refractivity contribution in [3.8, 4) is 0 Å². The Hall–Kier alpha value is -0.530. The lowest BCUT2D eigenvalue weighted by Gasteiger charge is -2.60. The number of rotatable bonds is 1. The van der Waals surface area contributed by atoms with E-state index in [0.29, 0.717) is 10.8 Å². The quantitative estimate of drug-likeness (QED) is 0.760. The van der Waals surface area contributed by atoms with Crippen LogP contribution in [0.3, 0.4) is 0 Å². The minimum atomic E-state index is -0.0386. The predicted octanol–water partition coefficient (Wildman–Crippen LogP) is 4.52. The van der Waals surface area contributed by atoms with E-state index in [1.54, 1.807) is 0 Å². The first-order valence-electron chi connectivity index (χ1n) is 9.73. The van der Waals surface area contributed by atoms with Crippen LogP contribution in [0.15, 0.2) is 0 Å². The van der Waals surface area contributed by atoms with Crippen molar-refractivity contribution < 1.29 is 4.79 Å². The summed E-state index contributed by atoms with van der Waals surface area (Å²) in [5.74, 6) is 3.74. The molecule has 124 valence electrons. The standard InChI is InChI=1S/C20H33NO/c1-19-10-3-4-16(19)15-8-7-14-6-5-13(18(21)22)12-20(14,2)17(15)9-11-19/h13-17H,3-12H2,1-2H3,(H2,21,22)/t13?,14?,15-,16-,17+,19-,20-/m0/s1. The Morgan fingerprint density at radius 1 is 0.955 bits per heavy atom. The number of nitrogens with two attached hydrogens (primary N) is 1. The van der Waals surface area contributed by atoms with Crippen LogP contribution in [0.5, 0.6) is 0 Å². The molecule has 22 heavy (non-hydrogen) atoms. The number of carbonyl (C=O) groups excluding carboxylic acids is 1. The molecule has 0 aromatic rings. The van der Waals surface area contributed by atoms with Crippen LogP contribution >= 0.6 is 0 Å². The summed E-state index contributed by atoms with van der Waals surface area (Å²) in [6.45, 7) is 5.10. The number of primary amides is 1. The van der Waals surface area contributed by atoms with E-state index in [2.05, 4.69) is 13.8 Å². The highest BCUT2D eigenvalue weighted by atomic mass is 16.1. The van der Waals surface area contributed by atoms with Crippen molar-refractivity contribution in [2.24, 2.45) is 46.2 Å². The molecule has 2 unspecified atom stereocenters. The maximum absolute atomic E-state index is 11.8. The monoisotopic (exact) mass is 303 g/mol. The van der Waals surface area contributed by atoms with Crippen molar-refractivity contribution in [2.75, 3.05) is 0 Å². The van der Waals surface area contributed by atoms with Gasteiger partial charge in [0.25, 0.3) is 0 Å². The van der Waals surface area contributed by atoms with Crippen molar-refractivity contribution in [3.63, 3.8) is 0 Å². The molecule has 7 atom stereocenters. The second-order valence-corrected chi connectivity index (χ2v) is 9.62. The Morgan fingerprint density at radius 2 is 1.73 bits per heavy atom. The summed E-state index contributed by atoms with van der Waals surface area (Å²) in [7, 11) is 0. The van der Waals surface area contributed by atoms with Gasteiger partial charge in [0.05, 0.1) is 0 Å². The average Bonchev–Trinajstić information content (AvgIpc) is 2.87. The average molecular weight is 303 g/mol. The fraction of sp³-hybridized carbons (Fsp3) is 0.950. The van der Waals surface area contributed by atoms with Crippen LogP contribution in [0.4, 0.5) is 0 Å². The van der Waals surface area contributed by atoms with Crippen LogP contribution in [-0.2, 0) is 4.79 Å². The minimum absolute atomic E-state index is 0.0386. The summed E-state index contributed by atoms with van der Waals surface area (Å²) in [6, 6.07) is 0. The molecule has 0 heterocycles. The molecule has 0 aliphatic heterocycles. The molecular formula is C20H33NO. The van der Waals surface area contributed by atoms with E-state index in [9.17, 15) is 4.79 Å². The maximum Gasteiger partial charge on any atom is 0.220 e. The molecule has 1 amide bonds. The summed E-state index contributed by atoms with van der Waals surface area (Å²) >= 11 is 0. The molecule has 2 N–H and O–H groups in total. The summed E-state index contributed by atoms with van der Waals surface area (Å²) in [6.07, 6.45) is 13.5. The van der Waals surface area contributed by atoms with Gasteiger partial charge >= 0.3 is 0 Å². The van der Waals surface area contributed by atoms with Gasteiger partial charge in [0, 0.05) is 5.92 Å². The summed E-state index contributed by atoms with van der Waals surface area (Å²) in [5, 5.41) is 0. The van der Waals surface area contributed by atoms with Crippen LogP contribution in [-0.4, -0.2) is 5.91 Å². The number of amides is 1. The molecule has 2 nitrogen and oxygen atoms in total. The van der Waals surface area contributed by atoms with E-state index in [0.717, 1.165) is 36.5 Å². The van der Waals surface area contributed by atoms with E-state index < -0.39 is 0 Å². The van der Waals surface area contributed by atoms with Crippen molar-refractivity contribution >= 4 is 5.91 Å². The van der Waals surface area contributed by atoms with Crippen LogP contribution in [0.25, 0.3) is 0 Å². The van der Waals surface area contributed by atoms with Gasteiger partial charge in [-0.3, -0.25) is 4.79 Å². The molecule has 4 saturated carbocycles. The van der Waals surface area contributed by atoms with Gasteiger partial charge in [0.15, 0.2) is 0 Å². The number of carbonyl (C=O) groups is 1. The molecule has 0 radical (unpaired) electrons.